The summed E-state index contributed by atoms with van der Waals surface area (Å²) in [6.45, 7) is 3.38. The summed E-state index contributed by atoms with van der Waals surface area (Å²) in [6, 6.07) is 7.18. The molecule has 2 fully saturated rings. The van der Waals surface area contributed by atoms with Crippen molar-refractivity contribution in [2.24, 2.45) is 10.7 Å². The van der Waals surface area contributed by atoms with Crippen molar-refractivity contribution in [3.05, 3.63) is 29.8 Å². The molecule has 2 heterocycles. The van der Waals surface area contributed by atoms with Gasteiger partial charge in [0.1, 0.15) is 0 Å². The van der Waals surface area contributed by atoms with Crippen LogP contribution in [-0.4, -0.2) is 49.8 Å². The van der Waals surface area contributed by atoms with Crippen LogP contribution in [0.25, 0.3) is 0 Å². The van der Waals surface area contributed by atoms with Crippen LogP contribution in [0.15, 0.2) is 34.2 Å². The summed E-state index contributed by atoms with van der Waals surface area (Å²) in [7, 11) is -3.46. The number of likely N-dealkylation sites (tertiary alicyclic amines) is 1. The van der Waals surface area contributed by atoms with Crippen LogP contribution in [0.4, 0.5) is 0 Å². The van der Waals surface area contributed by atoms with Crippen molar-refractivity contribution >= 4 is 16.0 Å². The molecule has 2 aliphatic rings. The van der Waals surface area contributed by atoms with Gasteiger partial charge in [-0.25, -0.2) is 13.4 Å². The predicted molar refractivity (Wildman–Crippen MR) is 104 cm³/mol. The van der Waals surface area contributed by atoms with E-state index in [1.807, 2.05) is 12.1 Å². The minimum Gasteiger partial charge on any atom is -0.370 e. The zero-order valence-corrected chi connectivity index (χ0v) is 16.3. The third-order valence-corrected chi connectivity index (χ3v) is 7.25. The average Bonchev–Trinajstić information content (AvgIpc) is 2.96. The Hall–Kier alpha value is -1.60. The maximum absolute atomic E-state index is 13.0. The quantitative estimate of drug-likeness (QED) is 0.645. The van der Waals surface area contributed by atoms with Gasteiger partial charge in [0.2, 0.25) is 10.0 Å². The molecule has 2 aliphatic heterocycles. The summed E-state index contributed by atoms with van der Waals surface area (Å²) in [4.78, 5) is 7.01. The molecular weight excluding hydrogens is 348 g/mol. The van der Waals surface area contributed by atoms with Crippen LogP contribution in [0.2, 0.25) is 0 Å². The van der Waals surface area contributed by atoms with Gasteiger partial charge in [-0.1, -0.05) is 37.5 Å². The number of aliphatic imine (C=N–C) groups is 1. The van der Waals surface area contributed by atoms with E-state index in [4.69, 9.17) is 5.73 Å². The van der Waals surface area contributed by atoms with Crippen molar-refractivity contribution in [3.8, 4) is 0 Å². The van der Waals surface area contributed by atoms with E-state index in [1.54, 1.807) is 16.4 Å². The number of rotatable bonds is 4. The number of benzene rings is 1. The third-order valence-electron chi connectivity index (χ3n) is 5.25. The zero-order chi connectivity index (χ0) is 18.4. The molecule has 0 radical (unpaired) electrons. The fraction of sp³-hybridized carbons (Fsp3) is 0.632. The highest BCUT2D eigenvalue weighted by Gasteiger charge is 2.27. The fourth-order valence-corrected chi connectivity index (χ4v) is 5.43. The molecule has 0 saturated carbocycles. The van der Waals surface area contributed by atoms with E-state index in [2.05, 4.69) is 9.89 Å². The van der Waals surface area contributed by atoms with E-state index in [0.717, 1.165) is 50.8 Å². The van der Waals surface area contributed by atoms with Crippen LogP contribution < -0.4 is 5.73 Å². The maximum Gasteiger partial charge on any atom is 0.243 e. The highest BCUT2D eigenvalue weighted by molar-refractivity contribution is 7.89. The van der Waals surface area contributed by atoms with Crippen molar-refractivity contribution in [3.63, 3.8) is 0 Å². The van der Waals surface area contributed by atoms with Crippen LogP contribution in [0.5, 0.6) is 0 Å². The van der Waals surface area contributed by atoms with E-state index < -0.39 is 10.0 Å². The Balaban J connectivity index is 1.77. The van der Waals surface area contributed by atoms with E-state index >= 15 is 0 Å². The molecule has 7 heteroatoms. The third kappa shape index (κ3) is 4.57. The van der Waals surface area contributed by atoms with Gasteiger partial charge in [-0.3, -0.25) is 0 Å². The Kier molecular flexibility index (Phi) is 6.53. The maximum atomic E-state index is 13.0. The second kappa shape index (κ2) is 8.86. The Morgan fingerprint density at radius 2 is 1.50 bits per heavy atom. The van der Waals surface area contributed by atoms with Crippen molar-refractivity contribution in [1.82, 2.24) is 9.21 Å². The topological polar surface area (TPSA) is 79.0 Å². The van der Waals surface area contributed by atoms with Gasteiger partial charge in [0.05, 0.1) is 11.4 Å². The molecule has 26 heavy (non-hydrogen) atoms. The number of nitrogens with two attached hydrogens (primary N) is 1. The SMILES string of the molecule is NC(=NCc1ccccc1S(=O)(=O)N1CCCCC1)N1CCCCCC1. The average molecular weight is 379 g/mol. The minimum atomic E-state index is -3.46. The lowest BCUT2D eigenvalue weighted by atomic mass is 10.2. The fourth-order valence-electron chi connectivity index (χ4n) is 3.70. The zero-order valence-electron chi connectivity index (χ0n) is 15.4. The number of hydrogen-bond acceptors (Lipinski definition) is 3. The molecule has 6 nitrogen and oxygen atoms in total. The second-order valence-electron chi connectivity index (χ2n) is 7.15. The predicted octanol–water partition coefficient (Wildman–Crippen LogP) is 2.55. The smallest absolute Gasteiger partial charge is 0.243 e. The van der Waals surface area contributed by atoms with Crippen LogP contribution in [-0.2, 0) is 16.6 Å². The van der Waals surface area contributed by atoms with Gasteiger partial charge in [-0.2, -0.15) is 4.31 Å². The molecule has 0 spiro atoms. The van der Waals surface area contributed by atoms with Gasteiger partial charge in [-0.15, -0.1) is 0 Å². The largest absolute Gasteiger partial charge is 0.370 e. The van der Waals surface area contributed by atoms with Gasteiger partial charge in [0, 0.05) is 26.2 Å². The van der Waals surface area contributed by atoms with Crippen LogP contribution in [0.1, 0.15) is 50.5 Å². The van der Waals surface area contributed by atoms with Crippen molar-refractivity contribution in [1.29, 1.82) is 0 Å². The van der Waals surface area contributed by atoms with Gasteiger partial charge < -0.3 is 10.6 Å². The molecule has 0 bridgehead atoms. The van der Waals surface area contributed by atoms with E-state index in [0.29, 0.717) is 30.5 Å². The summed E-state index contributed by atoms with van der Waals surface area (Å²) >= 11 is 0. The first-order chi connectivity index (χ1) is 12.6. The molecule has 144 valence electrons. The first kappa shape index (κ1) is 19.2. The molecule has 1 aromatic rings. The van der Waals surface area contributed by atoms with Gasteiger partial charge in [0.15, 0.2) is 5.96 Å². The molecule has 2 saturated heterocycles. The minimum absolute atomic E-state index is 0.297. The first-order valence-corrected chi connectivity index (χ1v) is 11.2. The number of sulfonamides is 1. The Bertz CT molecular complexity index is 719. The number of piperidine rings is 1. The summed E-state index contributed by atoms with van der Waals surface area (Å²) in [5.74, 6) is 0.525. The van der Waals surface area contributed by atoms with Gasteiger partial charge >= 0.3 is 0 Å². The lowest BCUT2D eigenvalue weighted by molar-refractivity contribution is 0.346. The lowest BCUT2D eigenvalue weighted by Crippen LogP contribution is -2.38. The number of guanidine groups is 1. The molecule has 0 aliphatic carbocycles. The first-order valence-electron chi connectivity index (χ1n) is 9.72. The standard InChI is InChI=1S/C19H30N4O2S/c20-19(22-12-6-1-2-7-13-22)21-16-17-10-4-5-11-18(17)26(24,25)23-14-8-3-9-15-23/h4-5,10-11H,1-3,6-9,12-16H2,(H2,20,21). The van der Waals surface area contributed by atoms with E-state index in [9.17, 15) is 8.42 Å². The number of nitrogens with zero attached hydrogens (tertiary/aromatic N) is 3. The summed E-state index contributed by atoms with van der Waals surface area (Å²) < 4.78 is 27.7. The highest BCUT2D eigenvalue weighted by atomic mass is 32.2. The molecule has 0 aromatic heterocycles. The molecule has 2 N–H and O–H groups in total. The normalized spacial score (nSPS) is 20.8. The summed E-state index contributed by atoms with van der Waals surface area (Å²) in [6.07, 6.45) is 7.71. The molecular formula is C19H30N4O2S. The second-order valence-corrected chi connectivity index (χ2v) is 9.05. The van der Waals surface area contributed by atoms with Crippen LogP contribution in [0, 0.1) is 0 Å². The highest BCUT2D eigenvalue weighted by Crippen LogP contribution is 2.24. The Morgan fingerprint density at radius 3 is 2.19 bits per heavy atom. The molecule has 1 aromatic carbocycles. The Labute approximate surface area is 157 Å². The van der Waals surface area contributed by atoms with Crippen molar-refractivity contribution < 1.29 is 8.42 Å². The van der Waals surface area contributed by atoms with Gasteiger partial charge in [0.25, 0.3) is 0 Å². The lowest BCUT2D eigenvalue weighted by Gasteiger charge is -2.26. The number of hydrogen-bond donors (Lipinski definition) is 1. The Morgan fingerprint density at radius 1 is 0.923 bits per heavy atom. The molecule has 0 amide bonds. The monoisotopic (exact) mass is 378 g/mol. The molecule has 3 rings (SSSR count). The van der Waals surface area contributed by atoms with Crippen LogP contribution >= 0.6 is 0 Å². The van der Waals surface area contributed by atoms with Crippen LogP contribution in [0.3, 0.4) is 0 Å². The summed E-state index contributed by atoms with van der Waals surface area (Å²) in [5, 5.41) is 0. The van der Waals surface area contributed by atoms with E-state index in [-0.39, 0.29) is 0 Å². The molecule has 0 atom stereocenters. The van der Waals surface area contributed by atoms with Gasteiger partial charge in [-0.05, 0) is 37.3 Å². The van der Waals surface area contributed by atoms with Crippen molar-refractivity contribution in [2.45, 2.75) is 56.4 Å². The molecule has 0 unspecified atom stereocenters. The van der Waals surface area contributed by atoms with E-state index in [1.165, 1.54) is 12.8 Å². The van der Waals surface area contributed by atoms with Crippen molar-refractivity contribution in [2.75, 3.05) is 26.2 Å². The summed E-state index contributed by atoms with van der Waals surface area (Å²) in [5.41, 5.74) is 6.90.